The first-order valence-corrected chi connectivity index (χ1v) is 7.18. The second-order valence-electron chi connectivity index (χ2n) is 5.04. The number of hydrogen-bond donors (Lipinski definition) is 2. The van der Waals surface area contributed by atoms with Crippen LogP contribution in [0.4, 0.5) is 0 Å². The van der Waals surface area contributed by atoms with Gasteiger partial charge in [-0.05, 0) is 44.0 Å². The summed E-state index contributed by atoms with van der Waals surface area (Å²) < 4.78 is 2.00. The normalized spacial score (nSPS) is 12.7. The lowest BCUT2D eigenvalue weighted by Crippen LogP contribution is -2.30. The molecule has 0 amide bonds. The van der Waals surface area contributed by atoms with Gasteiger partial charge in [-0.15, -0.1) is 0 Å². The summed E-state index contributed by atoms with van der Waals surface area (Å²) in [5.41, 5.74) is 7.20. The molecular weight excluding hydrogens is 272 g/mol. The molecule has 2 aromatic rings. The van der Waals surface area contributed by atoms with E-state index in [-0.39, 0.29) is 6.04 Å². The SMILES string of the molecule is CCn1nc(C)cc1CC(NN)c1ccc(C)cc1Cl. The van der Waals surface area contributed by atoms with Crippen LogP contribution >= 0.6 is 11.6 Å². The quantitative estimate of drug-likeness (QED) is 0.658. The van der Waals surface area contributed by atoms with Crippen molar-refractivity contribution >= 4 is 11.6 Å². The van der Waals surface area contributed by atoms with Gasteiger partial charge in [-0.3, -0.25) is 16.0 Å². The van der Waals surface area contributed by atoms with Gasteiger partial charge in [0.2, 0.25) is 0 Å². The van der Waals surface area contributed by atoms with E-state index in [0.29, 0.717) is 0 Å². The van der Waals surface area contributed by atoms with E-state index in [2.05, 4.69) is 23.5 Å². The predicted octanol–water partition coefficient (Wildman–Crippen LogP) is 2.92. The number of hydrogen-bond acceptors (Lipinski definition) is 3. The molecule has 1 aromatic carbocycles. The van der Waals surface area contributed by atoms with Crippen molar-refractivity contribution < 1.29 is 0 Å². The number of halogens is 1. The highest BCUT2D eigenvalue weighted by atomic mass is 35.5. The zero-order valence-corrected chi connectivity index (χ0v) is 12.9. The third-order valence-electron chi connectivity index (χ3n) is 3.43. The van der Waals surface area contributed by atoms with E-state index in [9.17, 15) is 0 Å². The van der Waals surface area contributed by atoms with Gasteiger partial charge in [0.15, 0.2) is 0 Å². The van der Waals surface area contributed by atoms with Crippen LogP contribution in [0.25, 0.3) is 0 Å². The molecule has 1 unspecified atom stereocenters. The first kappa shape index (κ1) is 15.0. The van der Waals surface area contributed by atoms with Crippen LogP contribution < -0.4 is 11.3 Å². The fourth-order valence-electron chi connectivity index (χ4n) is 2.42. The summed E-state index contributed by atoms with van der Waals surface area (Å²) in [6.45, 7) is 6.96. The minimum atomic E-state index is -0.0236. The Morgan fingerprint density at radius 1 is 1.35 bits per heavy atom. The van der Waals surface area contributed by atoms with Crippen molar-refractivity contribution in [1.29, 1.82) is 0 Å². The fourth-order valence-corrected chi connectivity index (χ4v) is 2.79. The number of aromatic nitrogens is 2. The zero-order chi connectivity index (χ0) is 14.7. The molecule has 0 aliphatic carbocycles. The molecule has 0 spiro atoms. The van der Waals surface area contributed by atoms with Crippen molar-refractivity contribution in [3.05, 3.63) is 51.8 Å². The summed E-state index contributed by atoms with van der Waals surface area (Å²) in [7, 11) is 0. The summed E-state index contributed by atoms with van der Waals surface area (Å²) in [5.74, 6) is 5.72. The van der Waals surface area contributed by atoms with Crippen molar-refractivity contribution in [2.75, 3.05) is 0 Å². The molecule has 5 heteroatoms. The molecule has 0 aliphatic rings. The summed E-state index contributed by atoms with van der Waals surface area (Å²) in [4.78, 5) is 0. The highest BCUT2D eigenvalue weighted by Crippen LogP contribution is 2.26. The number of rotatable bonds is 5. The van der Waals surface area contributed by atoms with Crippen LogP contribution in [0.5, 0.6) is 0 Å². The molecule has 1 atom stereocenters. The molecule has 0 radical (unpaired) electrons. The van der Waals surface area contributed by atoms with E-state index in [1.165, 1.54) is 0 Å². The molecule has 3 N–H and O–H groups in total. The van der Waals surface area contributed by atoms with Crippen molar-refractivity contribution in [3.8, 4) is 0 Å². The predicted molar refractivity (Wildman–Crippen MR) is 82.6 cm³/mol. The Kier molecular flexibility index (Phi) is 4.81. The van der Waals surface area contributed by atoms with Gasteiger partial charge >= 0.3 is 0 Å². The van der Waals surface area contributed by atoms with Crippen LogP contribution in [0.1, 0.15) is 35.5 Å². The average molecular weight is 293 g/mol. The zero-order valence-electron chi connectivity index (χ0n) is 12.2. The highest BCUT2D eigenvalue weighted by molar-refractivity contribution is 6.31. The molecule has 2 rings (SSSR count). The first-order chi connectivity index (χ1) is 9.55. The maximum Gasteiger partial charge on any atom is 0.0596 e. The van der Waals surface area contributed by atoms with Crippen molar-refractivity contribution in [2.45, 2.75) is 39.8 Å². The number of benzene rings is 1. The highest BCUT2D eigenvalue weighted by Gasteiger charge is 2.16. The van der Waals surface area contributed by atoms with Gasteiger partial charge in [-0.25, -0.2) is 0 Å². The Bertz CT molecular complexity index is 592. The Hall–Kier alpha value is -1.36. The van der Waals surface area contributed by atoms with Gasteiger partial charge in [0, 0.05) is 23.7 Å². The second kappa shape index (κ2) is 6.39. The van der Waals surface area contributed by atoms with Crippen LogP contribution in [-0.4, -0.2) is 9.78 Å². The van der Waals surface area contributed by atoms with E-state index < -0.39 is 0 Å². The molecule has 20 heavy (non-hydrogen) atoms. The molecule has 0 saturated carbocycles. The topological polar surface area (TPSA) is 55.9 Å². The number of hydrazine groups is 1. The van der Waals surface area contributed by atoms with Crippen molar-refractivity contribution in [1.82, 2.24) is 15.2 Å². The van der Waals surface area contributed by atoms with E-state index in [1.54, 1.807) is 0 Å². The Morgan fingerprint density at radius 2 is 2.10 bits per heavy atom. The number of nitrogens with one attached hydrogen (secondary N) is 1. The van der Waals surface area contributed by atoms with Gasteiger partial charge in [-0.1, -0.05) is 23.7 Å². The number of nitrogens with zero attached hydrogens (tertiary/aromatic N) is 2. The molecule has 0 saturated heterocycles. The standard InChI is InChI=1S/C15H21ClN4/c1-4-20-12(8-11(3)19-20)9-15(18-17)13-6-5-10(2)7-14(13)16/h5-8,15,18H,4,9,17H2,1-3H3. The molecular formula is C15H21ClN4. The van der Waals surface area contributed by atoms with Gasteiger partial charge < -0.3 is 0 Å². The van der Waals surface area contributed by atoms with Crippen molar-refractivity contribution in [3.63, 3.8) is 0 Å². The van der Waals surface area contributed by atoms with Gasteiger partial charge in [0.1, 0.15) is 0 Å². The molecule has 4 nitrogen and oxygen atoms in total. The average Bonchev–Trinajstić information content (AvgIpc) is 2.76. The first-order valence-electron chi connectivity index (χ1n) is 6.80. The van der Waals surface area contributed by atoms with Gasteiger partial charge in [0.05, 0.1) is 11.7 Å². The second-order valence-corrected chi connectivity index (χ2v) is 5.45. The maximum atomic E-state index is 6.33. The molecule has 1 heterocycles. The number of aryl methyl sites for hydroxylation is 3. The van der Waals surface area contributed by atoms with Crippen LogP contribution in [0.15, 0.2) is 24.3 Å². The molecule has 108 valence electrons. The van der Waals surface area contributed by atoms with Crippen LogP contribution in [0, 0.1) is 13.8 Å². The lowest BCUT2D eigenvalue weighted by Gasteiger charge is -2.18. The third-order valence-corrected chi connectivity index (χ3v) is 3.76. The fraction of sp³-hybridized carbons (Fsp3) is 0.400. The monoisotopic (exact) mass is 292 g/mol. The Morgan fingerprint density at radius 3 is 2.70 bits per heavy atom. The molecule has 0 bridgehead atoms. The number of nitrogens with two attached hydrogens (primary N) is 1. The largest absolute Gasteiger partial charge is 0.271 e. The lowest BCUT2D eigenvalue weighted by atomic mass is 10.0. The van der Waals surface area contributed by atoms with Crippen LogP contribution in [-0.2, 0) is 13.0 Å². The van der Waals surface area contributed by atoms with E-state index in [0.717, 1.165) is 40.5 Å². The molecule has 1 aromatic heterocycles. The summed E-state index contributed by atoms with van der Waals surface area (Å²) >= 11 is 6.33. The van der Waals surface area contributed by atoms with E-state index in [1.807, 2.05) is 36.7 Å². The van der Waals surface area contributed by atoms with Gasteiger partial charge in [0.25, 0.3) is 0 Å². The molecule has 0 fully saturated rings. The Labute approximate surface area is 124 Å². The summed E-state index contributed by atoms with van der Waals surface area (Å²) in [6.07, 6.45) is 0.758. The summed E-state index contributed by atoms with van der Waals surface area (Å²) in [6, 6.07) is 8.11. The smallest absolute Gasteiger partial charge is 0.0596 e. The maximum absolute atomic E-state index is 6.33. The van der Waals surface area contributed by atoms with E-state index >= 15 is 0 Å². The summed E-state index contributed by atoms with van der Waals surface area (Å²) in [5, 5.41) is 5.20. The van der Waals surface area contributed by atoms with Gasteiger partial charge in [-0.2, -0.15) is 5.10 Å². The van der Waals surface area contributed by atoms with Crippen LogP contribution in [0.2, 0.25) is 5.02 Å². The Balaban J connectivity index is 2.28. The van der Waals surface area contributed by atoms with E-state index in [4.69, 9.17) is 17.4 Å². The molecule has 0 aliphatic heterocycles. The minimum Gasteiger partial charge on any atom is -0.271 e. The minimum absolute atomic E-state index is 0.0236. The van der Waals surface area contributed by atoms with Crippen LogP contribution in [0.3, 0.4) is 0 Å². The third kappa shape index (κ3) is 3.20. The lowest BCUT2D eigenvalue weighted by molar-refractivity contribution is 0.517. The van der Waals surface area contributed by atoms with Crippen molar-refractivity contribution in [2.24, 2.45) is 5.84 Å².